The van der Waals surface area contributed by atoms with E-state index in [4.69, 9.17) is 15.5 Å². The number of ether oxygens (including phenoxy) is 1. The quantitative estimate of drug-likeness (QED) is 0.439. The van der Waals surface area contributed by atoms with Gasteiger partial charge in [-0.1, -0.05) is 44.2 Å². The van der Waals surface area contributed by atoms with Gasteiger partial charge in [0.15, 0.2) is 5.96 Å². The first-order valence-electron chi connectivity index (χ1n) is 13.8. The molecule has 0 fully saturated rings. The fraction of sp³-hybridized carbons (Fsp3) is 0.516. The number of nitrogens with two attached hydrogens (primary N) is 1. The molecule has 0 unspecified atom stereocenters. The molecule has 0 aliphatic carbocycles. The summed E-state index contributed by atoms with van der Waals surface area (Å²) in [6, 6.07) is 14.2. The lowest BCUT2D eigenvalue weighted by Gasteiger charge is -2.41. The smallest absolute Gasteiger partial charge is 0.251 e. The Morgan fingerprint density at radius 1 is 1.21 bits per heavy atom. The van der Waals surface area contributed by atoms with Crippen molar-refractivity contribution in [1.29, 1.82) is 0 Å². The molecule has 2 heterocycles. The molecule has 2 atom stereocenters. The highest BCUT2D eigenvalue weighted by atomic mass is 16.5. The summed E-state index contributed by atoms with van der Waals surface area (Å²) in [5.41, 5.74) is 6.52. The number of carbonyl (C=O) groups is 2. The van der Waals surface area contributed by atoms with Gasteiger partial charge in [-0.05, 0) is 64.3 Å². The van der Waals surface area contributed by atoms with Crippen molar-refractivity contribution in [3.05, 3.63) is 65.2 Å². The topological polar surface area (TPSA) is 117 Å². The number of hydrogen-bond donors (Lipinski definition) is 3. The largest absolute Gasteiger partial charge is 0.487 e. The van der Waals surface area contributed by atoms with Crippen LogP contribution in [0, 0.1) is 0 Å². The zero-order valence-electron chi connectivity index (χ0n) is 24.0. The van der Waals surface area contributed by atoms with Crippen molar-refractivity contribution in [3.8, 4) is 5.75 Å². The van der Waals surface area contributed by atoms with Crippen LogP contribution in [0.2, 0.25) is 0 Å². The standard InChI is InChI=1S/C31H42N4O4/c1-7-31(8-2)19-26(36)35(28(32)34-31)24(18-29(3,4)38)20-12-11-13-21(16-20)27(37)33-23-17-30(5,6)39-25-15-10-9-14-22(23)25/h9-16,23-24,38H,7-8,17-19H2,1-6H3,(H2,32,34)(H,33,37)/t23-,24+/m0/s1. The molecule has 2 aromatic carbocycles. The third-order valence-corrected chi connectivity index (χ3v) is 7.88. The summed E-state index contributed by atoms with van der Waals surface area (Å²) in [7, 11) is 0. The van der Waals surface area contributed by atoms with E-state index in [-0.39, 0.29) is 36.7 Å². The number of aliphatic hydroxyl groups is 1. The van der Waals surface area contributed by atoms with Crippen molar-refractivity contribution < 1.29 is 19.4 Å². The second-order valence-electron chi connectivity index (χ2n) is 12.1. The molecule has 210 valence electrons. The zero-order valence-corrected chi connectivity index (χ0v) is 24.0. The van der Waals surface area contributed by atoms with Crippen LogP contribution in [0.15, 0.2) is 53.5 Å². The van der Waals surface area contributed by atoms with E-state index >= 15 is 0 Å². The molecule has 0 saturated heterocycles. The molecule has 8 heteroatoms. The minimum Gasteiger partial charge on any atom is -0.487 e. The van der Waals surface area contributed by atoms with Crippen LogP contribution >= 0.6 is 0 Å². The Bertz CT molecular complexity index is 1260. The number of guanidine groups is 1. The minimum atomic E-state index is -1.09. The van der Waals surface area contributed by atoms with Gasteiger partial charge in [-0.3, -0.25) is 14.5 Å². The van der Waals surface area contributed by atoms with E-state index in [0.717, 1.165) is 11.3 Å². The van der Waals surface area contributed by atoms with Gasteiger partial charge in [0.25, 0.3) is 5.91 Å². The van der Waals surface area contributed by atoms with Crippen molar-refractivity contribution in [2.45, 2.75) is 102 Å². The van der Waals surface area contributed by atoms with Gasteiger partial charge in [-0.2, -0.15) is 0 Å². The third-order valence-electron chi connectivity index (χ3n) is 7.88. The molecular formula is C31H42N4O4. The molecule has 0 saturated carbocycles. The fourth-order valence-corrected chi connectivity index (χ4v) is 5.71. The van der Waals surface area contributed by atoms with Gasteiger partial charge in [0.1, 0.15) is 11.4 Å². The summed E-state index contributed by atoms with van der Waals surface area (Å²) in [6.07, 6.45) is 2.53. The average molecular weight is 535 g/mol. The Labute approximate surface area is 231 Å². The van der Waals surface area contributed by atoms with Crippen LogP contribution < -0.4 is 15.8 Å². The number of carbonyl (C=O) groups excluding carboxylic acids is 2. The third kappa shape index (κ3) is 6.27. The molecule has 2 amide bonds. The van der Waals surface area contributed by atoms with Crippen molar-refractivity contribution >= 4 is 17.8 Å². The maximum atomic E-state index is 13.5. The number of rotatable bonds is 8. The van der Waals surface area contributed by atoms with E-state index in [9.17, 15) is 14.7 Å². The number of amides is 2. The first-order valence-corrected chi connectivity index (χ1v) is 13.8. The van der Waals surface area contributed by atoms with Crippen LogP contribution in [0.1, 0.15) is 107 Å². The van der Waals surface area contributed by atoms with E-state index in [1.54, 1.807) is 32.0 Å². The van der Waals surface area contributed by atoms with Gasteiger partial charge in [-0.15, -0.1) is 0 Å². The van der Waals surface area contributed by atoms with Crippen LogP contribution in [0.25, 0.3) is 0 Å². The molecular weight excluding hydrogens is 492 g/mol. The normalized spacial score (nSPS) is 20.9. The molecule has 4 N–H and O–H groups in total. The molecule has 8 nitrogen and oxygen atoms in total. The fourth-order valence-electron chi connectivity index (χ4n) is 5.71. The second kappa shape index (κ2) is 10.6. The van der Waals surface area contributed by atoms with Crippen LogP contribution in [0.3, 0.4) is 0 Å². The second-order valence-corrected chi connectivity index (χ2v) is 12.1. The predicted molar refractivity (Wildman–Crippen MR) is 152 cm³/mol. The molecule has 2 aromatic rings. The van der Waals surface area contributed by atoms with Crippen molar-refractivity contribution in [2.75, 3.05) is 0 Å². The lowest BCUT2D eigenvalue weighted by molar-refractivity contribution is -0.132. The number of nitrogens with zero attached hydrogens (tertiary/aromatic N) is 2. The number of fused-ring (bicyclic) bond motifs is 1. The summed E-state index contributed by atoms with van der Waals surface area (Å²) < 4.78 is 6.12. The minimum absolute atomic E-state index is 0.128. The molecule has 2 aliphatic heterocycles. The summed E-state index contributed by atoms with van der Waals surface area (Å²) in [5.74, 6) is 0.571. The highest BCUT2D eigenvalue weighted by Crippen LogP contribution is 2.40. The van der Waals surface area contributed by atoms with Crippen molar-refractivity contribution in [2.24, 2.45) is 10.7 Å². The number of aliphatic imine (C=N–C) groups is 1. The predicted octanol–water partition coefficient (Wildman–Crippen LogP) is 5.03. The van der Waals surface area contributed by atoms with E-state index in [1.807, 2.05) is 58.0 Å². The van der Waals surface area contributed by atoms with Crippen LogP contribution in [-0.2, 0) is 4.79 Å². The maximum absolute atomic E-state index is 13.5. The summed E-state index contributed by atoms with van der Waals surface area (Å²) in [5, 5.41) is 14.0. The molecule has 0 aromatic heterocycles. The van der Waals surface area contributed by atoms with Gasteiger partial charge >= 0.3 is 0 Å². The van der Waals surface area contributed by atoms with Gasteiger partial charge in [0.05, 0.1) is 29.6 Å². The van der Waals surface area contributed by atoms with E-state index in [1.165, 1.54) is 4.90 Å². The van der Waals surface area contributed by atoms with Gasteiger partial charge in [0.2, 0.25) is 5.91 Å². The number of benzene rings is 2. The number of nitrogens with one attached hydrogen (secondary N) is 1. The SMILES string of the molecule is CCC1(CC)CC(=O)N([C@H](CC(C)(C)O)c2cccc(C(=O)N[C@H]3CC(C)(C)Oc4ccccc43)c2)C(N)=N1. The molecule has 0 spiro atoms. The van der Waals surface area contributed by atoms with Crippen molar-refractivity contribution in [3.63, 3.8) is 0 Å². The van der Waals surface area contributed by atoms with Gasteiger partial charge in [0, 0.05) is 24.0 Å². The summed E-state index contributed by atoms with van der Waals surface area (Å²) in [4.78, 5) is 33.3. The monoisotopic (exact) mass is 534 g/mol. The average Bonchev–Trinajstić information content (AvgIpc) is 2.86. The number of hydrogen-bond acceptors (Lipinski definition) is 6. The van der Waals surface area contributed by atoms with Gasteiger partial charge < -0.3 is 20.9 Å². The van der Waals surface area contributed by atoms with E-state index < -0.39 is 22.8 Å². The lowest BCUT2D eigenvalue weighted by atomic mass is 9.86. The van der Waals surface area contributed by atoms with Crippen LogP contribution in [0.5, 0.6) is 5.75 Å². The summed E-state index contributed by atoms with van der Waals surface area (Å²) >= 11 is 0. The number of para-hydroxylation sites is 1. The summed E-state index contributed by atoms with van der Waals surface area (Å²) in [6.45, 7) is 11.4. The van der Waals surface area contributed by atoms with E-state index in [2.05, 4.69) is 5.32 Å². The van der Waals surface area contributed by atoms with Gasteiger partial charge in [-0.25, -0.2) is 4.99 Å². The molecule has 0 bridgehead atoms. The Morgan fingerprint density at radius 3 is 2.54 bits per heavy atom. The molecule has 4 rings (SSSR count). The highest BCUT2D eigenvalue weighted by Gasteiger charge is 2.42. The molecule has 0 radical (unpaired) electrons. The Kier molecular flexibility index (Phi) is 7.81. The van der Waals surface area contributed by atoms with Crippen LogP contribution in [0.4, 0.5) is 0 Å². The van der Waals surface area contributed by atoms with Crippen LogP contribution in [-0.4, -0.2) is 44.5 Å². The Balaban J connectivity index is 1.66. The van der Waals surface area contributed by atoms with E-state index in [0.29, 0.717) is 30.4 Å². The zero-order chi connectivity index (χ0) is 28.6. The first kappa shape index (κ1) is 28.6. The Morgan fingerprint density at radius 2 is 1.90 bits per heavy atom. The molecule has 39 heavy (non-hydrogen) atoms. The first-order chi connectivity index (χ1) is 18.3. The highest BCUT2D eigenvalue weighted by molar-refractivity contribution is 6.00. The van der Waals surface area contributed by atoms with Crippen molar-refractivity contribution in [1.82, 2.24) is 10.2 Å². The maximum Gasteiger partial charge on any atom is 0.251 e. The Hall–Kier alpha value is -3.39. The lowest BCUT2D eigenvalue weighted by Crippen LogP contribution is -2.53. The molecule has 2 aliphatic rings.